The number of furan rings is 1. The average molecular weight is 185 g/mol. The Morgan fingerprint density at radius 3 is 2.67 bits per heavy atom. The van der Waals surface area contributed by atoms with Crippen molar-refractivity contribution >= 4 is 22.6 Å². The van der Waals surface area contributed by atoms with E-state index in [2.05, 4.69) is 0 Å². The molecule has 12 heavy (non-hydrogen) atoms. The molecule has 0 aliphatic rings. The highest BCUT2D eigenvalue weighted by Gasteiger charge is 2.07. The summed E-state index contributed by atoms with van der Waals surface area (Å²) in [5.74, 6) is -0.0367. The summed E-state index contributed by atoms with van der Waals surface area (Å²) in [7, 11) is 0. The molecule has 2 aromatic rings. The fourth-order valence-corrected chi connectivity index (χ4v) is 1.19. The van der Waals surface area contributed by atoms with Crippen LogP contribution in [0.4, 0.5) is 0 Å². The molecule has 0 saturated heterocycles. The van der Waals surface area contributed by atoms with E-state index in [1.807, 2.05) is 0 Å². The summed E-state index contributed by atoms with van der Waals surface area (Å²) < 4.78 is 4.92. The second-order valence-electron chi connectivity index (χ2n) is 2.42. The Bertz CT molecular complexity index is 433. The number of aromatic hydroxyl groups is 2. The summed E-state index contributed by atoms with van der Waals surface area (Å²) >= 11 is 5.61. The quantitative estimate of drug-likeness (QED) is 0.662. The normalized spacial score (nSPS) is 10.8. The molecule has 2 N–H and O–H groups in total. The van der Waals surface area contributed by atoms with Crippen molar-refractivity contribution in [1.82, 2.24) is 0 Å². The van der Waals surface area contributed by atoms with E-state index >= 15 is 0 Å². The highest BCUT2D eigenvalue weighted by molar-refractivity contribution is 6.32. The van der Waals surface area contributed by atoms with Crippen LogP contribution in [0.15, 0.2) is 22.8 Å². The zero-order chi connectivity index (χ0) is 8.72. The average Bonchev–Trinajstić information content (AvgIpc) is 2.35. The van der Waals surface area contributed by atoms with Crippen LogP contribution in [0.25, 0.3) is 11.0 Å². The summed E-state index contributed by atoms with van der Waals surface area (Å²) in [5.41, 5.74) is 0.411. The van der Waals surface area contributed by atoms with Crippen molar-refractivity contribution in [2.45, 2.75) is 0 Å². The van der Waals surface area contributed by atoms with Gasteiger partial charge in [-0.15, -0.1) is 0 Å². The van der Waals surface area contributed by atoms with Gasteiger partial charge in [-0.2, -0.15) is 0 Å². The Morgan fingerprint density at radius 2 is 1.92 bits per heavy atom. The smallest absolute Gasteiger partial charge is 0.161 e. The predicted octanol–water partition coefficient (Wildman–Crippen LogP) is 2.50. The largest absolute Gasteiger partial charge is 0.506 e. The lowest BCUT2D eigenvalue weighted by atomic mass is 10.2. The van der Waals surface area contributed by atoms with E-state index < -0.39 is 0 Å². The zero-order valence-corrected chi connectivity index (χ0v) is 6.67. The SMILES string of the molecule is Oc1cc2occ(O)c2cc1Cl. The Labute approximate surface area is 72.8 Å². The van der Waals surface area contributed by atoms with Crippen LogP contribution in [0.2, 0.25) is 5.02 Å². The molecular weight excluding hydrogens is 180 g/mol. The zero-order valence-electron chi connectivity index (χ0n) is 5.91. The molecule has 1 aromatic heterocycles. The van der Waals surface area contributed by atoms with Gasteiger partial charge in [0, 0.05) is 6.07 Å². The summed E-state index contributed by atoms with van der Waals surface area (Å²) in [5, 5.41) is 19.0. The van der Waals surface area contributed by atoms with Crippen molar-refractivity contribution in [3.8, 4) is 11.5 Å². The number of phenolic OH excluding ortho intramolecular Hbond substituents is 1. The molecule has 0 spiro atoms. The topological polar surface area (TPSA) is 53.6 Å². The number of hydrogen-bond acceptors (Lipinski definition) is 3. The lowest BCUT2D eigenvalue weighted by Gasteiger charge is -1.94. The van der Waals surface area contributed by atoms with Gasteiger partial charge in [0.25, 0.3) is 0 Å². The summed E-state index contributed by atoms with van der Waals surface area (Å²) in [6.07, 6.45) is 1.19. The lowest BCUT2D eigenvalue weighted by molar-refractivity contribution is 0.463. The summed E-state index contributed by atoms with van der Waals surface area (Å²) in [6.45, 7) is 0. The molecule has 62 valence electrons. The number of phenols is 1. The van der Waals surface area contributed by atoms with Gasteiger partial charge in [-0.25, -0.2) is 0 Å². The maximum Gasteiger partial charge on any atom is 0.161 e. The molecule has 0 radical (unpaired) electrons. The number of fused-ring (bicyclic) bond motifs is 1. The lowest BCUT2D eigenvalue weighted by Crippen LogP contribution is -1.68. The summed E-state index contributed by atoms with van der Waals surface area (Å²) in [6, 6.07) is 2.81. The Morgan fingerprint density at radius 1 is 1.17 bits per heavy atom. The molecule has 4 heteroatoms. The van der Waals surface area contributed by atoms with Gasteiger partial charge in [0.05, 0.1) is 10.4 Å². The van der Waals surface area contributed by atoms with Crippen molar-refractivity contribution in [2.75, 3.05) is 0 Å². The van der Waals surface area contributed by atoms with Crippen LogP contribution < -0.4 is 0 Å². The van der Waals surface area contributed by atoms with Crippen LogP contribution in [0, 0.1) is 0 Å². The Kier molecular flexibility index (Phi) is 1.41. The molecule has 1 aromatic carbocycles. The van der Waals surface area contributed by atoms with Crippen LogP contribution in [0.5, 0.6) is 11.5 Å². The van der Waals surface area contributed by atoms with Crippen molar-refractivity contribution in [3.63, 3.8) is 0 Å². The number of halogens is 1. The number of hydrogen-bond donors (Lipinski definition) is 2. The molecule has 0 aliphatic heterocycles. The van der Waals surface area contributed by atoms with E-state index in [1.165, 1.54) is 18.4 Å². The Hall–Kier alpha value is -1.35. The first-order valence-corrected chi connectivity index (χ1v) is 3.65. The van der Waals surface area contributed by atoms with Crippen molar-refractivity contribution < 1.29 is 14.6 Å². The number of rotatable bonds is 0. The molecule has 3 nitrogen and oxygen atoms in total. The van der Waals surface area contributed by atoms with Gasteiger partial charge < -0.3 is 14.6 Å². The molecule has 2 rings (SSSR count). The maximum atomic E-state index is 9.19. The third-order valence-electron chi connectivity index (χ3n) is 1.62. The van der Waals surface area contributed by atoms with Gasteiger partial charge in [-0.05, 0) is 6.07 Å². The van der Waals surface area contributed by atoms with Crippen LogP contribution in [-0.4, -0.2) is 10.2 Å². The molecule has 0 aliphatic carbocycles. The molecule has 0 saturated carbocycles. The van der Waals surface area contributed by atoms with Gasteiger partial charge in [0.1, 0.15) is 17.6 Å². The molecular formula is C8H5ClO3. The minimum absolute atomic E-state index is 0.0203. The third-order valence-corrected chi connectivity index (χ3v) is 1.93. The predicted molar refractivity (Wildman–Crippen MR) is 44.6 cm³/mol. The first-order valence-electron chi connectivity index (χ1n) is 3.27. The molecule has 0 amide bonds. The minimum atomic E-state index is -0.0569. The maximum absolute atomic E-state index is 9.19. The van der Waals surface area contributed by atoms with E-state index in [-0.39, 0.29) is 16.5 Å². The van der Waals surface area contributed by atoms with E-state index in [0.717, 1.165) is 0 Å². The second-order valence-corrected chi connectivity index (χ2v) is 2.83. The van der Waals surface area contributed by atoms with Crippen molar-refractivity contribution in [1.29, 1.82) is 0 Å². The van der Waals surface area contributed by atoms with Crippen molar-refractivity contribution in [3.05, 3.63) is 23.4 Å². The molecule has 0 unspecified atom stereocenters. The van der Waals surface area contributed by atoms with E-state index in [0.29, 0.717) is 11.0 Å². The fourth-order valence-electron chi connectivity index (χ4n) is 1.02. The highest BCUT2D eigenvalue weighted by atomic mass is 35.5. The van der Waals surface area contributed by atoms with Crippen LogP contribution in [0.1, 0.15) is 0 Å². The molecule has 0 bridgehead atoms. The van der Waals surface area contributed by atoms with E-state index in [1.54, 1.807) is 0 Å². The van der Waals surface area contributed by atoms with Gasteiger partial charge >= 0.3 is 0 Å². The first-order chi connectivity index (χ1) is 5.68. The summed E-state index contributed by atoms with van der Waals surface area (Å²) in [4.78, 5) is 0. The second kappa shape index (κ2) is 2.32. The van der Waals surface area contributed by atoms with Crippen LogP contribution >= 0.6 is 11.6 Å². The monoisotopic (exact) mass is 184 g/mol. The molecule has 0 fully saturated rings. The van der Waals surface area contributed by atoms with Crippen LogP contribution in [0.3, 0.4) is 0 Å². The van der Waals surface area contributed by atoms with Crippen LogP contribution in [-0.2, 0) is 0 Å². The highest BCUT2D eigenvalue weighted by Crippen LogP contribution is 2.34. The minimum Gasteiger partial charge on any atom is -0.506 e. The van der Waals surface area contributed by atoms with E-state index in [9.17, 15) is 5.11 Å². The van der Waals surface area contributed by atoms with Gasteiger partial charge in [0.2, 0.25) is 0 Å². The van der Waals surface area contributed by atoms with Gasteiger partial charge in [-0.1, -0.05) is 11.6 Å². The molecule has 0 atom stereocenters. The first kappa shape index (κ1) is 7.31. The van der Waals surface area contributed by atoms with Gasteiger partial charge in [-0.3, -0.25) is 0 Å². The standard InChI is InChI=1S/C8H5ClO3/c9-5-1-4-7(11)3-12-8(4)2-6(5)10/h1-3,10-11H. The third kappa shape index (κ3) is 0.905. The van der Waals surface area contributed by atoms with E-state index in [4.69, 9.17) is 21.1 Å². The Balaban J connectivity index is 2.87. The number of benzene rings is 1. The molecule has 1 heterocycles. The van der Waals surface area contributed by atoms with Crippen molar-refractivity contribution in [2.24, 2.45) is 0 Å². The van der Waals surface area contributed by atoms with Gasteiger partial charge in [0.15, 0.2) is 5.75 Å². The fraction of sp³-hybridized carbons (Fsp3) is 0.